The second-order valence-electron chi connectivity index (χ2n) is 8.53. The van der Waals surface area contributed by atoms with Gasteiger partial charge >= 0.3 is 10.2 Å². The first-order valence-corrected chi connectivity index (χ1v) is 13.0. The molecular formula is C25H26FN3O6S. The molecule has 2 heterocycles. The molecule has 5 rings (SSSR count). The molecule has 0 aliphatic carbocycles. The van der Waals surface area contributed by atoms with Gasteiger partial charge in [0.1, 0.15) is 36.9 Å². The second kappa shape index (κ2) is 10.3. The number of benzene rings is 3. The van der Waals surface area contributed by atoms with Crippen LogP contribution in [-0.2, 0) is 26.3 Å². The summed E-state index contributed by atoms with van der Waals surface area (Å²) in [5, 5.41) is 0.672. The van der Waals surface area contributed by atoms with Crippen LogP contribution in [0.2, 0.25) is 0 Å². The van der Waals surface area contributed by atoms with Gasteiger partial charge in [-0.15, -0.1) is 0 Å². The Balaban J connectivity index is 1.46. The molecule has 2 aliphatic heterocycles. The lowest BCUT2D eigenvalue weighted by Crippen LogP contribution is -2.38. The maximum absolute atomic E-state index is 16.0. The van der Waals surface area contributed by atoms with E-state index >= 15 is 4.39 Å². The number of fused-ring (bicyclic) bond motifs is 1. The number of nitrogens with one attached hydrogen (secondary N) is 1. The predicted molar refractivity (Wildman–Crippen MR) is 132 cm³/mol. The normalized spacial score (nSPS) is 17.8. The molecule has 9 nitrogen and oxygen atoms in total. The Kier molecular flexibility index (Phi) is 6.95. The highest BCUT2D eigenvalue weighted by Gasteiger charge is 2.38. The van der Waals surface area contributed by atoms with Crippen LogP contribution >= 0.6 is 0 Å². The van der Waals surface area contributed by atoms with E-state index in [2.05, 4.69) is 4.90 Å². The minimum Gasteiger partial charge on any atom is -0.492 e. The first-order valence-electron chi connectivity index (χ1n) is 11.6. The van der Waals surface area contributed by atoms with Crippen molar-refractivity contribution in [3.05, 3.63) is 66.0 Å². The van der Waals surface area contributed by atoms with Gasteiger partial charge in [-0.05, 0) is 29.1 Å². The van der Waals surface area contributed by atoms with Crippen molar-refractivity contribution < 1.29 is 31.8 Å². The standard InChI is InChI=1S/C25H26FN3O6S/c26-24-21-15-20(34-13-10-28-8-11-33-12-9-28)7-6-19(21)14-22(35-17-18-4-2-1-3-5-18)25(24)29-16-23(30)27-36(29,31)32/h1-7,14-15H,8-13,16-17H2,(H,27,30). The number of ether oxygens (including phenoxy) is 3. The van der Waals surface area contributed by atoms with Crippen molar-refractivity contribution in [2.24, 2.45) is 0 Å². The summed E-state index contributed by atoms with van der Waals surface area (Å²) >= 11 is 0. The van der Waals surface area contributed by atoms with E-state index in [-0.39, 0.29) is 23.4 Å². The van der Waals surface area contributed by atoms with Crippen molar-refractivity contribution >= 4 is 32.6 Å². The minimum atomic E-state index is -4.26. The molecule has 2 aliphatic rings. The van der Waals surface area contributed by atoms with E-state index in [1.807, 2.05) is 35.1 Å². The molecule has 11 heteroatoms. The molecule has 0 radical (unpaired) electrons. The van der Waals surface area contributed by atoms with Gasteiger partial charge in [0.05, 0.1) is 13.2 Å². The van der Waals surface area contributed by atoms with Gasteiger partial charge < -0.3 is 14.2 Å². The zero-order valence-corrected chi connectivity index (χ0v) is 20.3. The number of carbonyl (C=O) groups is 1. The number of hydrogen-bond donors (Lipinski definition) is 1. The fraction of sp³-hybridized carbons (Fsp3) is 0.320. The number of halogens is 1. The number of nitrogens with zero attached hydrogens (tertiary/aromatic N) is 2. The summed E-state index contributed by atoms with van der Waals surface area (Å²) in [4.78, 5) is 14.1. The zero-order chi connectivity index (χ0) is 25.1. The van der Waals surface area contributed by atoms with Crippen LogP contribution in [0.3, 0.4) is 0 Å². The van der Waals surface area contributed by atoms with E-state index in [9.17, 15) is 13.2 Å². The van der Waals surface area contributed by atoms with Crippen LogP contribution in [0.15, 0.2) is 54.6 Å². The molecule has 2 fully saturated rings. The van der Waals surface area contributed by atoms with Gasteiger partial charge in [0.15, 0.2) is 5.82 Å². The highest BCUT2D eigenvalue weighted by Crippen LogP contribution is 2.40. The van der Waals surface area contributed by atoms with Crippen LogP contribution in [0.1, 0.15) is 5.56 Å². The van der Waals surface area contributed by atoms with E-state index in [4.69, 9.17) is 14.2 Å². The molecule has 0 spiro atoms. The fourth-order valence-electron chi connectivity index (χ4n) is 4.23. The van der Waals surface area contributed by atoms with Gasteiger partial charge in [0.25, 0.3) is 5.91 Å². The lowest BCUT2D eigenvalue weighted by molar-refractivity contribution is -0.117. The van der Waals surface area contributed by atoms with Crippen molar-refractivity contribution in [2.45, 2.75) is 6.61 Å². The minimum absolute atomic E-state index is 0.0184. The monoisotopic (exact) mass is 515 g/mol. The number of carbonyl (C=O) groups excluding carboxylic acids is 1. The van der Waals surface area contributed by atoms with E-state index in [0.29, 0.717) is 41.8 Å². The van der Waals surface area contributed by atoms with Gasteiger partial charge in [0, 0.05) is 25.0 Å². The maximum atomic E-state index is 16.0. The van der Waals surface area contributed by atoms with Gasteiger partial charge in [-0.3, -0.25) is 9.69 Å². The Morgan fingerprint density at radius 1 is 1.03 bits per heavy atom. The summed E-state index contributed by atoms with van der Waals surface area (Å²) in [5.41, 5.74) is 0.508. The molecule has 1 N–H and O–H groups in total. The van der Waals surface area contributed by atoms with Crippen molar-refractivity contribution in [1.29, 1.82) is 0 Å². The smallest absolute Gasteiger partial charge is 0.326 e. The van der Waals surface area contributed by atoms with E-state index in [1.54, 1.807) is 18.2 Å². The molecule has 0 atom stereocenters. The Morgan fingerprint density at radius 3 is 2.53 bits per heavy atom. The number of morpholine rings is 1. The molecule has 1 amide bonds. The molecule has 0 saturated carbocycles. The third kappa shape index (κ3) is 5.23. The predicted octanol–water partition coefficient (Wildman–Crippen LogP) is 2.45. The summed E-state index contributed by atoms with van der Waals surface area (Å²) in [7, 11) is -4.26. The molecule has 0 aromatic heterocycles. The van der Waals surface area contributed by atoms with Gasteiger partial charge in [-0.25, -0.2) is 13.4 Å². The number of amides is 1. The molecular weight excluding hydrogens is 489 g/mol. The van der Waals surface area contributed by atoms with Crippen molar-refractivity contribution in [3.8, 4) is 11.5 Å². The SMILES string of the molecule is O=C1CN(c2c(OCc3ccccc3)cc3ccc(OCCN4CCOCC4)cc3c2F)S(=O)(=O)N1. The van der Waals surface area contributed by atoms with Gasteiger partial charge in [-0.1, -0.05) is 36.4 Å². The first kappa shape index (κ1) is 24.3. The molecule has 2 saturated heterocycles. The van der Waals surface area contributed by atoms with Crippen molar-refractivity contribution in [1.82, 2.24) is 9.62 Å². The van der Waals surface area contributed by atoms with E-state index < -0.39 is 28.5 Å². The Morgan fingerprint density at radius 2 is 1.81 bits per heavy atom. The average Bonchev–Trinajstić information content (AvgIpc) is 3.15. The van der Waals surface area contributed by atoms with Crippen LogP contribution in [0.25, 0.3) is 10.8 Å². The van der Waals surface area contributed by atoms with E-state index in [0.717, 1.165) is 18.7 Å². The molecule has 0 bridgehead atoms. The molecule has 3 aromatic rings. The Labute approximate surface area is 208 Å². The summed E-state index contributed by atoms with van der Waals surface area (Å²) in [6, 6.07) is 15.8. The topological polar surface area (TPSA) is 97.4 Å². The maximum Gasteiger partial charge on any atom is 0.326 e. The van der Waals surface area contributed by atoms with Crippen LogP contribution in [0.5, 0.6) is 11.5 Å². The molecule has 0 unspecified atom stereocenters. The third-order valence-corrected chi connectivity index (χ3v) is 7.45. The van der Waals surface area contributed by atoms with Crippen LogP contribution in [0, 0.1) is 5.82 Å². The summed E-state index contributed by atoms with van der Waals surface area (Å²) in [6.07, 6.45) is 0. The number of anilines is 1. The van der Waals surface area contributed by atoms with Crippen molar-refractivity contribution in [3.63, 3.8) is 0 Å². The van der Waals surface area contributed by atoms with Gasteiger partial charge in [0.2, 0.25) is 0 Å². The quantitative estimate of drug-likeness (QED) is 0.492. The Hall–Kier alpha value is -3.41. The van der Waals surface area contributed by atoms with Crippen LogP contribution < -0.4 is 18.5 Å². The average molecular weight is 516 g/mol. The highest BCUT2D eigenvalue weighted by molar-refractivity contribution is 7.92. The summed E-state index contributed by atoms with van der Waals surface area (Å²) < 4.78 is 60.8. The first-order chi connectivity index (χ1) is 17.4. The molecule has 190 valence electrons. The lowest BCUT2D eigenvalue weighted by atomic mass is 10.1. The summed E-state index contributed by atoms with van der Waals surface area (Å²) in [6.45, 7) is 3.73. The lowest BCUT2D eigenvalue weighted by Gasteiger charge is -2.26. The number of rotatable bonds is 8. The molecule has 3 aromatic carbocycles. The fourth-order valence-corrected chi connectivity index (χ4v) is 5.39. The second-order valence-corrected chi connectivity index (χ2v) is 10.1. The van der Waals surface area contributed by atoms with Crippen LogP contribution in [-0.4, -0.2) is 65.2 Å². The summed E-state index contributed by atoms with van der Waals surface area (Å²) in [5.74, 6) is -1.08. The Bertz CT molecular complexity index is 1360. The molecule has 36 heavy (non-hydrogen) atoms. The zero-order valence-electron chi connectivity index (χ0n) is 19.5. The third-order valence-electron chi connectivity index (χ3n) is 6.08. The highest BCUT2D eigenvalue weighted by atomic mass is 32.2. The van der Waals surface area contributed by atoms with Crippen LogP contribution in [0.4, 0.5) is 10.1 Å². The van der Waals surface area contributed by atoms with Gasteiger partial charge in [-0.2, -0.15) is 8.42 Å². The largest absolute Gasteiger partial charge is 0.492 e. The number of hydrogen-bond acceptors (Lipinski definition) is 7. The van der Waals surface area contributed by atoms with E-state index in [1.165, 1.54) is 6.07 Å². The van der Waals surface area contributed by atoms with Crippen molar-refractivity contribution in [2.75, 3.05) is 50.3 Å².